The van der Waals surface area contributed by atoms with Gasteiger partial charge >= 0.3 is 0 Å². The number of rotatable bonds is 9. The minimum atomic E-state index is 0. The number of halogens is 1. The smallest absolute Gasteiger partial charge is 0.222 e. The van der Waals surface area contributed by atoms with Crippen molar-refractivity contribution in [2.45, 2.75) is 46.2 Å². The highest BCUT2D eigenvalue weighted by Gasteiger charge is 2.20. The molecule has 2 N–H and O–H groups in total. The van der Waals surface area contributed by atoms with Crippen molar-refractivity contribution in [1.29, 1.82) is 0 Å². The molecule has 1 aromatic heterocycles. The maximum atomic E-state index is 12.0. The second-order valence-electron chi connectivity index (χ2n) is 7.65. The first-order chi connectivity index (χ1) is 14.2. The van der Waals surface area contributed by atoms with Crippen LogP contribution in [0.3, 0.4) is 0 Å². The summed E-state index contributed by atoms with van der Waals surface area (Å²) in [5.41, 5.74) is 2.37. The molecule has 0 bridgehead atoms. The van der Waals surface area contributed by atoms with Crippen LogP contribution in [-0.4, -0.2) is 36.4 Å². The van der Waals surface area contributed by atoms with Gasteiger partial charge < -0.3 is 15.5 Å². The topological polar surface area (TPSA) is 56.7 Å². The number of amides is 1. The second kappa shape index (κ2) is 12.9. The number of benzene rings is 1. The maximum absolute atomic E-state index is 12.0. The molecule has 2 aromatic rings. The molecule has 1 aliphatic rings. The molecule has 0 spiro atoms. The molecule has 1 atom stereocenters. The Morgan fingerprint density at radius 2 is 2.00 bits per heavy atom. The van der Waals surface area contributed by atoms with Crippen molar-refractivity contribution in [2.75, 3.05) is 19.6 Å². The Labute approximate surface area is 201 Å². The van der Waals surface area contributed by atoms with E-state index in [4.69, 9.17) is 4.99 Å². The molecule has 7 heteroatoms. The zero-order valence-corrected chi connectivity index (χ0v) is 21.0. The zero-order chi connectivity index (χ0) is 20.5. The van der Waals surface area contributed by atoms with E-state index in [9.17, 15) is 4.79 Å². The SMILES string of the molecule is CCNC(=NCc1ccccc1CN1CCCC1=O)NCC(C)Cc1cccs1.I. The van der Waals surface area contributed by atoms with E-state index in [1.54, 1.807) is 0 Å². The molecular formula is C23H33IN4OS. The summed E-state index contributed by atoms with van der Waals surface area (Å²) in [4.78, 5) is 20.2. The number of guanidine groups is 1. The van der Waals surface area contributed by atoms with Crippen molar-refractivity contribution in [3.63, 3.8) is 0 Å². The van der Waals surface area contributed by atoms with Gasteiger partial charge in [0.05, 0.1) is 6.54 Å². The maximum Gasteiger partial charge on any atom is 0.222 e. The van der Waals surface area contributed by atoms with Gasteiger partial charge in [-0.1, -0.05) is 37.3 Å². The lowest BCUT2D eigenvalue weighted by Crippen LogP contribution is -2.39. The number of thiophene rings is 1. The average molecular weight is 541 g/mol. The van der Waals surface area contributed by atoms with Gasteiger partial charge in [-0.25, -0.2) is 4.99 Å². The molecule has 1 aromatic carbocycles. The first kappa shape index (κ1) is 24.7. The highest BCUT2D eigenvalue weighted by Crippen LogP contribution is 2.18. The van der Waals surface area contributed by atoms with Gasteiger partial charge in [-0.2, -0.15) is 0 Å². The van der Waals surface area contributed by atoms with Crippen LogP contribution in [0.4, 0.5) is 0 Å². The Morgan fingerprint density at radius 3 is 2.67 bits per heavy atom. The lowest BCUT2D eigenvalue weighted by Gasteiger charge is -2.18. The number of nitrogens with one attached hydrogen (secondary N) is 2. The van der Waals surface area contributed by atoms with Crippen molar-refractivity contribution in [3.05, 3.63) is 57.8 Å². The van der Waals surface area contributed by atoms with Crippen LogP contribution in [0.25, 0.3) is 0 Å². The van der Waals surface area contributed by atoms with Gasteiger partial charge in [-0.15, -0.1) is 35.3 Å². The number of aliphatic imine (C=N–C) groups is 1. The van der Waals surface area contributed by atoms with E-state index in [1.165, 1.54) is 16.0 Å². The summed E-state index contributed by atoms with van der Waals surface area (Å²) in [5.74, 6) is 1.64. The minimum Gasteiger partial charge on any atom is -0.357 e. The number of hydrogen-bond donors (Lipinski definition) is 2. The van der Waals surface area contributed by atoms with E-state index in [1.807, 2.05) is 28.4 Å². The van der Waals surface area contributed by atoms with Crippen molar-refractivity contribution in [3.8, 4) is 0 Å². The largest absolute Gasteiger partial charge is 0.357 e. The summed E-state index contributed by atoms with van der Waals surface area (Å²) in [6, 6.07) is 12.6. The summed E-state index contributed by atoms with van der Waals surface area (Å²) in [7, 11) is 0. The monoisotopic (exact) mass is 540 g/mol. The molecule has 5 nitrogen and oxygen atoms in total. The molecule has 1 unspecified atom stereocenters. The van der Waals surface area contributed by atoms with E-state index in [0.717, 1.165) is 38.4 Å². The highest BCUT2D eigenvalue weighted by atomic mass is 127. The molecule has 30 heavy (non-hydrogen) atoms. The van der Waals surface area contributed by atoms with Crippen molar-refractivity contribution in [2.24, 2.45) is 10.9 Å². The van der Waals surface area contributed by atoms with E-state index >= 15 is 0 Å². The fourth-order valence-electron chi connectivity index (χ4n) is 3.56. The predicted octanol–water partition coefficient (Wildman–Crippen LogP) is 4.42. The first-order valence-electron chi connectivity index (χ1n) is 10.5. The van der Waals surface area contributed by atoms with E-state index in [2.05, 4.69) is 54.1 Å². The summed E-state index contributed by atoms with van der Waals surface area (Å²) < 4.78 is 0. The van der Waals surface area contributed by atoms with Crippen LogP contribution in [0.1, 0.15) is 42.7 Å². The van der Waals surface area contributed by atoms with Crippen LogP contribution in [0.15, 0.2) is 46.8 Å². The highest BCUT2D eigenvalue weighted by molar-refractivity contribution is 14.0. The van der Waals surface area contributed by atoms with E-state index in [0.29, 0.717) is 25.4 Å². The van der Waals surface area contributed by atoms with Gasteiger partial charge in [0.25, 0.3) is 0 Å². The van der Waals surface area contributed by atoms with Gasteiger partial charge in [-0.05, 0) is 48.3 Å². The molecule has 1 amide bonds. The summed E-state index contributed by atoms with van der Waals surface area (Å²) in [6.45, 7) is 8.21. The van der Waals surface area contributed by atoms with Crippen LogP contribution >= 0.6 is 35.3 Å². The lowest BCUT2D eigenvalue weighted by atomic mass is 10.1. The fourth-order valence-corrected chi connectivity index (χ4v) is 4.43. The van der Waals surface area contributed by atoms with Crippen LogP contribution in [-0.2, 0) is 24.3 Å². The molecule has 1 saturated heterocycles. The third kappa shape index (κ3) is 7.58. The third-order valence-corrected chi connectivity index (χ3v) is 6.05. The van der Waals surface area contributed by atoms with Gasteiger partial charge in [0.15, 0.2) is 5.96 Å². The number of nitrogens with zero attached hydrogens (tertiary/aromatic N) is 2. The Kier molecular flexibility index (Phi) is 10.6. The summed E-state index contributed by atoms with van der Waals surface area (Å²) >= 11 is 1.82. The van der Waals surface area contributed by atoms with Crippen LogP contribution in [0, 0.1) is 5.92 Å². The molecule has 3 rings (SSSR count). The quantitative estimate of drug-likeness (QED) is 0.281. The van der Waals surface area contributed by atoms with Gasteiger partial charge in [0, 0.05) is 37.5 Å². The van der Waals surface area contributed by atoms with Crippen LogP contribution in [0.5, 0.6) is 0 Å². The zero-order valence-electron chi connectivity index (χ0n) is 17.9. The van der Waals surface area contributed by atoms with E-state index in [-0.39, 0.29) is 29.9 Å². The van der Waals surface area contributed by atoms with Crippen molar-refractivity contribution < 1.29 is 4.79 Å². The molecule has 0 saturated carbocycles. The standard InChI is InChI=1S/C23H32N4OS.HI/c1-3-24-23(25-15-18(2)14-21-10-7-13-29-21)26-16-19-8-4-5-9-20(19)17-27-12-6-11-22(27)28;/h4-5,7-10,13,18H,3,6,11-12,14-17H2,1-2H3,(H2,24,25,26);1H. The second-order valence-corrected chi connectivity index (χ2v) is 8.68. The number of hydrogen-bond acceptors (Lipinski definition) is 3. The molecule has 1 fully saturated rings. The van der Waals surface area contributed by atoms with Crippen LogP contribution < -0.4 is 10.6 Å². The van der Waals surface area contributed by atoms with Gasteiger partial charge in [0.2, 0.25) is 5.91 Å². The summed E-state index contributed by atoms with van der Waals surface area (Å²) in [5, 5.41) is 8.96. The number of likely N-dealkylation sites (tertiary alicyclic amines) is 1. The average Bonchev–Trinajstić information content (AvgIpc) is 3.37. The molecule has 0 radical (unpaired) electrons. The van der Waals surface area contributed by atoms with Gasteiger partial charge in [0.1, 0.15) is 0 Å². The summed E-state index contributed by atoms with van der Waals surface area (Å²) in [6.07, 6.45) is 2.73. The molecule has 164 valence electrons. The fraction of sp³-hybridized carbons (Fsp3) is 0.478. The molecule has 1 aliphatic heterocycles. The van der Waals surface area contributed by atoms with E-state index < -0.39 is 0 Å². The number of carbonyl (C=O) groups excluding carboxylic acids is 1. The third-order valence-electron chi connectivity index (χ3n) is 5.15. The van der Waals surface area contributed by atoms with Crippen molar-refractivity contribution >= 4 is 47.2 Å². The Hall–Kier alpha value is -1.61. The molecular weight excluding hydrogens is 507 g/mol. The predicted molar refractivity (Wildman–Crippen MR) is 137 cm³/mol. The lowest BCUT2D eigenvalue weighted by molar-refractivity contribution is -0.128. The van der Waals surface area contributed by atoms with Gasteiger partial charge in [-0.3, -0.25) is 4.79 Å². The Morgan fingerprint density at radius 1 is 1.20 bits per heavy atom. The Balaban J connectivity index is 0.00000320. The van der Waals surface area contributed by atoms with Crippen molar-refractivity contribution in [1.82, 2.24) is 15.5 Å². The molecule has 2 heterocycles. The number of carbonyl (C=O) groups is 1. The normalized spacial score (nSPS) is 15.1. The first-order valence-corrected chi connectivity index (χ1v) is 11.4. The Bertz CT molecular complexity index is 809. The van der Waals surface area contributed by atoms with Crippen LogP contribution in [0.2, 0.25) is 0 Å². The molecule has 0 aliphatic carbocycles. The minimum absolute atomic E-state index is 0.